The Morgan fingerprint density at radius 3 is 2.61 bits per heavy atom. The second-order valence-corrected chi connectivity index (χ2v) is 5.06. The Hall–Kier alpha value is -2.07. The third-order valence-corrected chi connectivity index (χ3v) is 3.69. The van der Waals surface area contributed by atoms with Gasteiger partial charge in [-0.2, -0.15) is 0 Å². The fraction of sp³-hybridized carbons (Fsp3) is 0.0714. The van der Waals surface area contributed by atoms with E-state index in [-0.39, 0.29) is 0 Å². The van der Waals surface area contributed by atoms with Gasteiger partial charge in [0.25, 0.3) is 0 Å². The van der Waals surface area contributed by atoms with Crippen molar-refractivity contribution < 1.29 is 4.52 Å². The van der Waals surface area contributed by atoms with Crippen molar-refractivity contribution in [2.24, 2.45) is 0 Å². The molecule has 0 fully saturated rings. The number of hydrogen-bond donors (Lipinski definition) is 1. The molecule has 90 valence electrons. The molecule has 0 saturated carbocycles. The number of aromatic nitrogens is 1. The summed E-state index contributed by atoms with van der Waals surface area (Å²) in [7, 11) is 0. The molecular weight excluding hydrogens is 244 g/mol. The number of benzene rings is 1. The van der Waals surface area contributed by atoms with Crippen molar-refractivity contribution in [1.29, 1.82) is 0 Å². The van der Waals surface area contributed by atoms with Crippen LogP contribution in [0.25, 0.3) is 21.8 Å². The van der Waals surface area contributed by atoms with Gasteiger partial charge in [0, 0.05) is 10.4 Å². The molecule has 0 unspecified atom stereocenters. The molecule has 0 aliphatic rings. The average molecular weight is 256 g/mol. The third kappa shape index (κ3) is 1.80. The molecule has 0 aliphatic carbocycles. The van der Waals surface area contributed by atoms with E-state index in [2.05, 4.69) is 12.1 Å². The highest BCUT2D eigenvalue weighted by Crippen LogP contribution is 2.38. The Kier molecular flexibility index (Phi) is 2.64. The predicted octanol–water partition coefficient (Wildman–Crippen LogP) is 3.96. The second-order valence-electron chi connectivity index (χ2n) is 4.12. The summed E-state index contributed by atoms with van der Waals surface area (Å²) in [5.74, 6) is 1.17. The van der Waals surface area contributed by atoms with Crippen LogP contribution in [0.2, 0.25) is 0 Å². The van der Waals surface area contributed by atoms with Crippen LogP contribution in [0.1, 0.15) is 5.56 Å². The largest absolute Gasteiger partial charge is 0.380 e. The van der Waals surface area contributed by atoms with Gasteiger partial charge in [0.15, 0.2) is 11.6 Å². The molecule has 2 heterocycles. The van der Waals surface area contributed by atoms with Crippen LogP contribution >= 0.6 is 11.3 Å². The molecule has 3 rings (SSSR count). The van der Waals surface area contributed by atoms with E-state index in [1.54, 1.807) is 11.3 Å². The van der Waals surface area contributed by atoms with Gasteiger partial charge < -0.3 is 10.3 Å². The first-order chi connectivity index (χ1) is 8.75. The lowest BCUT2D eigenvalue weighted by Crippen LogP contribution is -1.86. The molecule has 3 nitrogen and oxygen atoms in total. The molecule has 0 atom stereocenters. The quantitative estimate of drug-likeness (QED) is 0.755. The standard InChI is InChI=1S/C14H12N2OS/c1-9-4-6-10(7-5-9)13-12(14(15)16-17-13)11-3-2-8-18-11/h2-8H,1H3,(H2,15,16). The Balaban J connectivity index is 2.16. The maximum absolute atomic E-state index is 5.90. The smallest absolute Gasteiger partial charge is 0.177 e. The molecular formula is C14H12N2OS. The molecule has 3 aromatic rings. The summed E-state index contributed by atoms with van der Waals surface area (Å²) >= 11 is 1.63. The van der Waals surface area contributed by atoms with Gasteiger partial charge in [-0.15, -0.1) is 11.3 Å². The lowest BCUT2D eigenvalue weighted by molar-refractivity contribution is 0.436. The van der Waals surface area contributed by atoms with E-state index >= 15 is 0 Å². The lowest BCUT2D eigenvalue weighted by Gasteiger charge is -2.00. The maximum atomic E-state index is 5.90. The fourth-order valence-corrected chi connectivity index (χ4v) is 2.64. The van der Waals surface area contributed by atoms with Crippen molar-refractivity contribution in [3.63, 3.8) is 0 Å². The molecule has 0 spiro atoms. The van der Waals surface area contributed by atoms with Crippen LogP contribution in [0.3, 0.4) is 0 Å². The van der Waals surface area contributed by atoms with E-state index in [9.17, 15) is 0 Å². The minimum absolute atomic E-state index is 0.438. The summed E-state index contributed by atoms with van der Waals surface area (Å²) in [4.78, 5) is 1.07. The van der Waals surface area contributed by atoms with Gasteiger partial charge in [-0.1, -0.05) is 41.1 Å². The first kappa shape index (κ1) is 11.0. The first-order valence-corrected chi connectivity index (χ1v) is 6.50. The van der Waals surface area contributed by atoms with Crippen molar-refractivity contribution in [3.8, 4) is 21.8 Å². The van der Waals surface area contributed by atoms with Gasteiger partial charge in [-0.05, 0) is 18.4 Å². The summed E-state index contributed by atoms with van der Waals surface area (Å²) in [5.41, 5.74) is 8.99. The summed E-state index contributed by atoms with van der Waals surface area (Å²) in [6.45, 7) is 2.05. The molecule has 0 saturated heterocycles. The van der Waals surface area contributed by atoms with E-state index in [0.29, 0.717) is 5.82 Å². The number of nitrogen functional groups attached to an aromatic ring is 1. The summed E-state index contributed by atoms with van der Waals surface area (Å²) in [6.07, 6.45) is 0. The van der Waals surface area contributed by atoms with Crippen LogP contribution in [0, 0.1) is 6.92 Å². The van der Waals surface area contributed by atoms with Crippen LogP contribution in [0.15, 0.2) is 46.3 Å². The highest BCUT2D eigenvalue weighted by atomic mass is 32.1. The van der Waals surface area contributed by atoms with E-state index < -0.39 is 0 Å². The van der Waals surface area contributed by atoms with Gasteiger partial charge in [-0.3, -0.25) is 0 Å². The summed E-state index contributed by atoms with van der Waals surface area (Å²) < 4.78 is 5.38. The van der Waals surface area contributed by atoms with E-state index in [0.717, 1.165) is 21.8 Å². The average Bonchev–Trinajstić information content (AvgIpc) is 2.99. The molecule has 1 aromatic carbocycles. The number of anilines is 1. The minimum atomic E-state index is 0.438. The van der Waals surface area contributed by atoms with E-state index in [1.807, 2.05) is 41.8 Å². The van der Waals surface area contributed by atoms with E-state index in [4.69, 9.17) is 10.3 Å². The van der Waals surface area contributed by atoms with Crippen molar-refractivity contribution in [2.45, 2.75) is 6.92 Å². The Morgan fingerprint density at radius 1 is 1.17 bits per heavy atom. The van der Waals surface area contributed by atoms with Crippen LogP contribution in [-0.4, -0.2) is 5.16 Å². The minimum Gasteiger partial charge on any atom is -0.380 e. The molecule has 4 heteroatoms. The van der Waals surface area contributed by atoms with Gasteiger partial charge >= 0.3 is 0 Å². The molecule has 0 bridgehead atoms. The number of hydrogen-bond acceptors (Lipinski definition) is 4. The highest BCUT2D eigenvalue weighted by molar-refractivity contribution is 7.13. The monoisotopic (exact) mass is 256 g/mol. The molecule has 2 N–H and O–H groups in total. The lowest BCUT2D eigenvalue weighted by atomic mass is 10.1. The summed E-state index contributed by atoms with van der Waals surface area (Å²) in [5, 5.41) is 5.90. The molecule has 0 amide bonds. The zero-order chi connectivity index (χ0) is 12.5. The highest BCUT2D eigenvalue weighted by Gasteiger charge is 2.17. The third-order valence-electron chi connectivity index (χ3n) is 2.80. The molecule has 0 radical (unpaired) electrons. The zero-order valence-corrected chi connectivity index (χ0v) is 10.7. The Morgan fingerprint density at radius 2 is 1.94 bits per heavy atom. The number of thiophene rings is 1. The van der Waals surface area contributed by atoms with Gasteiger partial charge in [-0.25, -0.2) is 0 Å². The predicted molar refractivity (Wildman–Crippen MR) is 74.4 cm³/mol. The zero-order valence-electron chi connectivity index (χ0n) is 9.88. The number of nitrogens with zero attached hydrogens (tertiary/aromatic N) is 1. The number of aryl methyl sites for hydroxylation is 1. The van der Waals surface area contributed by atoms with Crippen molar-refractivity contribution in [2.75, 3.05) is 5.73 Å². The Bertz CT molecular complexity index is 654. The second kappa shape index (κ2) is 4.31. The van der Waals surface area contributed by atoms with Crippen LogP contribution in [0.5, 0.6) is 0 Å². The number of nitrogens with two attached hydrogens (primary N) is 1. The normalized spacial score (nSPS) is 10.7. The van der Waals surface area contributed by atoms with Crippen molar-refractivity contribution in [3.05, 3.63) is 47.3 Å². The first-order valence-electron chi connectivity index (χ1n) is 5.62. The molecule has 18 heavy (non-hydrogen) atoms. The van der Waals surface area contributed by atoms with Crippen molar-refractivity contribution >= 4 is 17.2 Å². The van der Waals surface area contributed by atoms with Crippen LogP contribution in [-0.2, 0) is 0 Å². The maximum Gasteiger partial charge on any atom is 0.177 e. The number of rotatable bonds is 2. The van der Waals surface area contributed by atoms with E-state index in [1.165, 1.54) is 5.56 Å². The molecule has 2 aromatic heterocycles. The van der Waals surface area contributed by atoms with Gasteiger partial charge in [0.1, 0.15) is 0 Å². The Labute approximate surface area is 109 Å². The van der Waals surface area contributed by atoms with Crippen molar-refractivity contribution in [1.82, 2.24) is 5.16 Å². The van der Waals surface area contributed by atoms with Gasteiger partial charge in [0.05, 0.1) is 5.56 Å². The van der Waals surface area contributed by atoms with Gasteiger partial charge in [0.2, 0.25) is 0 Å². The SMILES string of the molecule is Cc1ccc(-c2onc(N)c2-c2cccs2)cc1. The van der Waals surface area contributed by atoms with Crippen LogP contribution < -0.4 is 5.73 Å². The van der Waals surface area contributed by atoms with Crippen LogP contribution in [0.4, 0.5) is 5.82 Å². The summed E-state index contributed by atoms with van der Waals surface area (Å²) in [6, 6.07) is 12.1. The molecule has 0 aliphatic heterocycles. The topological polar surface area (TPSA) is 52.0 Å². The fourth-order valence-electron chi connectivity index (χ4n) is 1.86.